The molecule has 3 atom stereocenters. The van der Waals surface area contributed by atoms with Gasteiger partial charge in [-0.2, -0.15) is 0 Å². The van der Waals surface area contributed by atoms with Crippen molar-refractivity contribution < 1.29 is 13.9 Å². The van der Waals surface area contributed by atoms with Crippen molar-refractivity contribution in [3.63, 3.8) is 0 Å². The van der Waals surface area contributed by atoms with Crippen LogP contribution in [0.2, 0.25) is 0 Å². The quantitative estimate of drug-likeness (QED) is 0.349. The summed E-state index contributed by atoms with van der Waals surface area (Å²) in [5.41, 5.74) is 13.1. The van der Waals surface area contributed by atoms with E-state index >= 15 is 0 Å². The van der Waals surface area contributed by atoms with Crippen molar-refractivity contribution in [3.05, 3.63) is 47.8 Å². The number of carbonyl (C=O) groups is 1. The van der Waals surface area contributed by atoms with E-state index in [-0.39, 0.29) is 29.3 Å². The molecule has 1 aliphatic rings. The van der Waals surface area contributed by atoms with Crippen LogP contribution in [0.4, 0.5) is 21.7 Å². The molecule has 2 heterocycles. The highest BCUT2D eigenvalue weighted by Gasteiger charge is 2.24. The number of aromatic nitrogens is 2. The molecule has 1 saturated carbocycles. The van der Waals surface area contributed by atoms with Crippen molar-refractivity contribution in [3.8, 4) is 5.88 Å². The summed E-state index contributed by atoms with van der Waals surface area (Å²) in [7, 11) is 0. The Balaban J connectivity index is 1.57. The Hall–Kier alpha value is -3.46. The van der Waals surface area contributed by atoms with Crippen molar-refractivity contribution in [2.45, 2.75) is 58.0 Å². The molecule has 35 heavy (non-hydrogen) atoms. The predicted octanol–water partition coefficient (Wildman–Crippen LogP) is 4.72. The summed E-state index contributed by atoms with van der Waals surface area (Å²) in [5, 5.41) is 7.11. The highest BCUT2D eigenvalue weighted by molar-refractivity contribution is 5.99. The zero-order valence-corrected chi connectivity index (χ0v) is 20.2. The molecule has 1 aromatic carbocycles. The summed E-state index contributed by atoms with van der Waals surface area (Å²) in [4.78, 5) is 20.9. The second kappa shape index (κ2) is 10.9. The largest absolute Gasteiger partial charge is 0.477 e. The number of pyridine rings is 2. The smallest absolute Gasteiger partial charge is 0.252 e. The van der Waals surface area contributed by atoms with E-state index in [0.717, 1.165) is 49.1 Å². The fourth-order valence-electron chi connectivity index (χ4n) is 4.13. The fourth-order valence-corrected chi connectivity index (χ4v) is 4.13. The van der Waals surface area contributed by atoms with Gasteiger partial charge in [0.1, 0.15) is 5.82 Å². The number of primary amides is 1. The third kappa shape index (κ3) is 5.97. The molecule has 1 amide bonds. The summed E-state index contributed by atoms with van der Waals surface area (Å²) in [6, 6.07) is 10.2. The van der Waals surface area contributed by atoms with E-state index in [2.05, 4.69) is 34.4 Å². The topological polar surface area (TPSA) is 128 Å². The summed E-state index contributed by atoms with van der Waals surface area (Å²) < 4.78 is 20.6. The Bertz CT molecular complexity index is 1200. The minimum absolute atomic E-state index is 0.0343. The van der Waals surface area contributed by atoms with Crippen LogP contribution in [0.1, 0.15) is 56.3 Å². The predicted molar refractivity (Wildman–Crippen MR) is 137 cm³/mol. The molecule has 4 rings (SSSR count). The number of benzene rings is 1. The van der Waals surface area contributed by atoms with Crippen molar-refractivity contribution in [1.82, 2.24) is 9.97 Å². The maximum absolute atomic E-state index is 14.8. The number of fused-ring (bicyclic) bond motifs is 1. The Morgan fingerprint density at radius 3 is 2.71 bits per heavy atom. The summed E-state index contributed by atoms with van der Waals surface area (Å²) in [6.45, 7) is 4.87. The van der Waals surface area contributed by atoms with E-state index in [4.69, 9.17) is 16.2 Å². The first kappa shape index (κ1) is 24.7. The van der Waals surface area contributed by atoms with Crippen molar-refractivity contribution in [1.29, 1.82) is 0 Å². The summed E-state index contributed by atoms with van der Waals surface area (Å²) >= 11 is 0. The first-order valence-corrected chi connectivity index (χ1v) is 12.2. The monoisotopic (exact) mass is 480 g/mol. The van der Waals surface area contributed by atoms with Crippen LogP contribution in [0.25, 0.3) is 10.9 Å². The third-order valence-electron chi connectivity index (χ3n) is 6.52. The number of hydrogen-bond donors (Lipinski definition) is 4. The van der Waals surface area contributed by atoms with Crippen molar-refractivity contribution >= 4 is 34.1 Å². The molecular formula is C26H33FN6O2. The SMILES string of the molecule is CC[C@H](C)COc1ccc2cc(Nc3nc(N[C@@H]4CCCC[C@@H]4N)c(F)cc3C(N)=O)ccc2n1. The summed E-state index contributed by atoms with van der Waals surface area (Å²) in [6.07, 6.45) is 4.83. The fraction of sp³-hybridized carbons (Fsp3) is 0.423. The number of hydrogen-bond acceptors (Lipinski definition) is 7. The van der Waals surface area contributed by atoms with E-state index in [1.54, 1.807) is 0 Å². The normalized spacial score (nSPS) is 18.7. The zero-order valence-electron chi connectivity index (χ0n) is 20.2. The van der Waals surface area contributed by atoms with Crippen molar-refractivity contribution in [2.75, 3.05) is 17.2 Å². The molecule has 1 fully saturated rings. The standard InChI is InChI=1S/C26H33FN6O2/c1-3-15(2)14-35-23-11-8-16-12-17(9-10-21(16)31-23)30-25-18(24(29)34)13-19(27)26(33-25)32-22-7-5-4-6-20(22)28/h8-13,15,20,22H,3-7,14,28H2,1-2H3,(H2,29,34)(H2,30,32,33)/t15-,20-,22+/m0/s1. The van der Waals surface area contributed by atoms with Crippen LogP contribution in [-0.2, 0) is 0 Å². The molecule has 186 valence electrons. The van der Waals surface area contributed by atoms with Crippen LogP contribution in [-0.4, -0.2) is 34.6 Å². The Morgan fingerprint density at radius 1 is 1.17 bits per heavy atom. The Kier molecular flexibility index (Phi) is 7.65. The van der Waals surface area contributed by atoms with Crippen LogP contribution < -0.4 is 26.8 Å². The molecular weight excluding hydrogens is 447 g/mol. The molecule has 1 aliphatic carbocycles. The second-order valence-electron chi connectivity index (χ2n) is 9.28. The van der Waals surface area contributed by atoms with Crippen molar-refractivity contribution in [2.24, 2.45) is 17.4 Å². The highest BCUT2D eigenvalue weighted by Crippen LogP contribution is 2.28. The van der Waals surface area contributed by atoms with Gasteiger partial charge < -0.3 is 26.8 Å². The molecule has 0 bridgehead atoms. The summed E-state index contributed by atoms with van der Waals surface area (Å²) in [5.74, 6) is -0.168. The first-order chi connectivity index (χ1) is 16.8. The van der Waals surface area contributed by atoms with Gasteiger partial charge in [-0.25, -0.2) is 14.4 Å². The van der Waals surface area contributed by atoms with Gasteiger partial charge in [0, 0.05) is 29.2 Å². The molecule has 2 aromatic heterocycles. The lowest BCUT2D eigenvalue weighted by atomic mass is 9.91. The maximum Gasteiger partial charge on any atom is 0.252 e. The Morgan fingerprint density at radius 2 is 1.97 bits per heavy atom. The van der Waals surface area contributed by atoms with Crippen LogP contribution in [0.5, 0.6) is 5.88 Å². The Labute approximate surface area is 204 Å². The van der Waals surface area contributed by atoms with Crippen LogP contribution in [0, 0.1) is 11.7 Å². The zero-order chi connectivity index (χ0) is 24.9. The minimum atomic E-state index is -0.773. The third-order valence-corrected chi connectivity index (χ3v) is 6.52. The molecule has 8 nitrogen and oxygen atoms in total. The van der Waals surface area contributed by atoms with E-state index in [1.807, 2.05) is 30.3 Å². The van der Waals surface area contributed by atoms with Gasteiger partial charge in [0.25, 0.3) is 5.91 Å². The lowest BCUT2D eigenvalue weighted by molar-refractivity contribution is 0.100. The van der Waals surface area contributed by atoms with Crippen LogP contribution >= 0.6 is 0 Å². The molecule has 9 heteroatoms. The molecule has 0 aliphatic heterocycles. The van der Waals surface area contributed by atoms with E-state index < -0.39 is 11.7 Å². The lowest BCUT2D eigenvalue weighted by Gasteiger charge is -2.30. The number of anilines is 3. The van der Waals surface area contributed by atoms with Gasteiger partial charge in [0.2, 0.25) is 5.88 Å². The first-order valence-electron chi connectivity index (χ1n) is 12.2. The molecule has 0 radical (unpaired) electrons. The average Bonchev–Trinajstić information content (AvgIpc) is 2.85. The van der Waals surface area contributed by atoms with Gasteiger partial charge in [0.15, 0.2) is 11.6 Å². The van der Waals surface area contributed by atoms with E-state index in [9.17, 15) is 9.18 Å². The number of nitrogens with two attached hydrogens (primary N) is 2. The second-order valence-corrected chi connectivity index (χ2v) is 9.28. The maximum atomic E-state index is 14.8. The van der Waals surface area contributed by atoms with E-state index in [1.165, 1.54) is 0 Å². The van der Waals surface area contributed by atoms with E-state index in [0.29, 0.717) is 24.1 Å². The molecule has 0 unspecified atom stereocenters. The van der Waals surface area contributed by atoms with Crippen LogP contribution in [0.15, 0.2) is 36.4 Å². The number of nitrogens with zero attached hydrogens (tertiary/aromatic N) is 2. The molecule has 6 N–H and O–H groups in total. The molecule has 0 spiro atoms. The van der Waals surface area contributed by atoms with Gasteiger partial charge in [-0.05, 0) is 49.1 Å². The van der Waals surface area contributed by atoms with Gasteiger partial charge in [0.05, 0.1) is 17.7 Å². The average molecular weight is 481 g/mol. The highest BCUT2D eigenvalue weighted by atomic mass is 19.1. The van der Waals surface area contributed by atoms with Crippen LogP contribution in [0.3, 0.4) is 0 Å². The minimum Gasteiger partial charge on any atom is -0.477 e. The molecule has 0 saturated heterocycles. The number of nitrogens with one attached hydrogen (secondary N) is 2. The van der Waals surface area contributed by atoms with Gasteiger partial charge in [-0.1, -0.05) is 33.1 Å². The lowest BCUT2D eigenvalue weighted by Crippen LogP contribution is -2.43. The number of ether oxygens (including phenoxy) is 1. The van der Waals surface area contributed by atoms with Gasteiger partial charge in [-0.15, -0.1) is 0 Å². The number of amides is 1. The van der Waals surface area contributed by atoms with Gasteiger partial charge in [-0.3, -0.25) is 4.79 Å². The number of rotatable bonds is 9. The molecule has 3 aromatic rings. The number of halogens is 1. The number of carbonyl (C=O) groups excluding carboxylic acids is 1. The van der Waals surface area contributed by atoms with Gasteiger partial charge >= 0.3 is 0 Å².